The highest BCUT2D eigenvalue weighted by Crippen LogP contribution is 2.29. The van der Waals surface area contributed by atoms with Crippen LogP contribution in [0.3, 0.4) is 0 Å². The minimum Gasteiger partial charge on any atom is -0.480 e. The van der Waals surface area contributed by atoms with Crippen molar-refractivity contribution in [1.82, 2.24) is 0 Å². The highest BCUT2D eigenvalue weighted by molar-refractivity contribution is 5.96. The van der Waals surface area contributed by atoms with Gasteiger partial charge in [0, 0.05) is 5.69 Å². The summed E-state index contributed by atoms with van der Waals surface area (Å²) in [6.45, 7) is 1.44. The number of amides is 2. The van der Waals surface area contributed by atoms with E-state index in [2.05, 4.69) is 5.32 Å². The van der Waals surface area contributed by atoms with E-state index in [-0.39, 0.29) is 17.0 Å². The number of rotatable bonds is 5. The van der Waals surface area contributed by atoms with E-state index in [1.807, 2.05) is 0 Å². The summed E-state index contributed by atoms with van der Waals surface area (Å²) in [5, 5.41) is 2.44. The molecule has 1 unspecified atom stereocenters. The second-order valence-corrected chi connectivity index (χ2v) is 5.18. The average molecular weight is 352 g/mol. The molecule has 0 aliphatic heterocycles. The summed E-state index contributed by atoms with van der Waals surface area (Å²) in [5.74, 6) is -1.14. The van der Waals surface area contributed by atoms with Crippen molar-refractivity contribution in [2.75, 3.05) is 5.32 Å². The van der Waals surface area contributed by atoms with Gasteiger partial charge in [-0.25, -0.2) is 0 Å². The van der Waals surface area contributed by atoms with Gasteiger partial charge >= 0.3 is 6.18 Å². The zero-order chi connectivity index (χ0) is 18.6. The molecule has 0 spiro atoms. The Morgan fingerprint density at radius 2 is 1.68 bits per heavy atom. The van der Waals surface area contributed by atoms with Gasteiger partial charge in [-0.2, -0.15) is 13.2 Å². The minimum atomic E-state index is -4.45. The lowest BCUT2D eigenvalue weighted by Gasteiger charge is -2.16. The van der Waals surface area contributed by atoms with Crippen molar-refractivity contribution in [3.05, 3.63) is 59.7 Å². The first kappa shape index (κ1) is 18.3. The first-order valence-corrected chi connectivity index (χ1v) is 7.22. The number of nitrogens with two attached hydrogens (primary N) is 1. The molecule has 2 amide bonds. The van der Waals surface area contributed by atoms with E-state index in [0.29, 0.717) is 0 Å². The Morgan fingerprint density at radius 3 is 2.24 bits per heavy atom. The Kier molecular flexibility index (Phi) is 5.31. The predicted octanol–water partition coefficient (Wildman–Crippen LogP) is 3.21. The Bertz CT molecular complexity index is 773. The predicted molar refractivity (Wildman–Crippen MR) is 85.1 cm³/mol. The van der Waals surface area contributed by atoms with Crippen molar-refractivity contribution >= 4 is 17.5 Å². The highest BCUT2D eigenvalue weighted by Gasteiger charge is 2.30. The molecule has 0 heterocycles. The fraction of sp³-hybridized carbons (Fsp3) is 0.176. The number of para-hydroxylation sites is 1. The molecule has 2 rings (SSSR count). The number of hydrogen-bond donors (Lipinski definition) is 2. The fourth-order valence-electron chi connectivity index (χ4n) is 2.00. The quantitative estimate of drug-likeness (QED) is 0.867. The second kappa shape index (κ2) is 7.25. The number of primary amides is 1. The van der Waals surface area contributed by atoms with Gasteiger partial charge in [-0.15, -0.1) is 0 Å². The van der Waals surface area contributed by atoms with Crippen LogP contribution in [0.2, 0.25) is 0 Å². The largest absolute Gasteiger partial charge is 0.480 e. The number of carbonyl (C=O) groups is 2. The molecule has 0 bridgehead atoms. The Balaban J connectivity index is 2.05. The Morgan fingerprint density at radius 1 is 1.08 bits per heavy atom. The van der Waals surface area contributed by atoms with E-state index in [0.717, 1.165) is 24.3 Å². The third kappa shape index (κ3) is 4.72. The molecule has 0 aliphatic carbocycles. The molecule has 0 aliphatic rings. The van der Waals surface area contributed by atoms with E-state index >= 15 is 0 Å². The standard InChI is InChI=1S/C17H15F3N2O3/c1-10(25-14-5-3-2-4-13(14)15(21)23)16(24)22-12-8-6-11(7-9-12)17(18,19)20/h2-10H,1H3,(H2,21,23)(H,22,24). The first-order chi connectivity index (χ1) is 11.7. The zero-order valence-electron chi connectivity index (χ0n) is 13.1. The Hall–Kier alpha value is -3.03. The highest BCUT2D eigenvalue weighted by atomic mass is 19.4. The van der Waals surface area contributed by atoms with Gasteiger partial charge < -0.3 is 15.8 Å². The van der Waals surface area contributed by atoms with Gasteiger partial charge in [-0.1, -0.05) is 12.1 Å². The van der Waals surface area contributed by atoms with Crippen molar-refractivity contribution in [2.45, 2.75) is 19.2 Å². The zero-order valence-corrected chi connectivity index (χ0v) is 13.1. The topological polar surface area (TPSA) is 81.4 Å². The van der Waals surface area contributed by atoms with Crippen LogP contribution in [0.4, 0.5) is 18.9 Å². The number of halogens is 3. The van der Waals surface area contributed by atoms with E-state index < -0.39 is 29.7 Å². The van der Waals surface area contributed by atoms with Crippen molar-refractivity contribution in [3.8, 4) is 5.75 Å². The summed E-state index contributed by atoms with van der Waals surface area (Å²) < 4.78 is 43.0. The summed E-state index contributed by atoms with van der Waals surface area (Å²) in [7, 11) is 0. The molecule has 1 atom stereocenters. The van der Waals surface area contributed by atoms with Gasteiger partial charge in [0.15, 0.2) is 6.10 Å². The van der Waals surface area contributed by atoms with Crippen molar-refractivity contribution in [1.29, 1.82) is 0 Å². The van der Waals surface area contributed by atoms with Crippen LogP contribution in [-0.2, 0) is 11.0 Å². The molecule has 8 heteroatoms. The maximum atomic E-state index is 12.5. The molecule has 0 saturated carbocycles. The summed E-state index contributed by atoms with van der Waals surface area (Å²) in [4.78, 5) is 23.4. The van der Waals surface area contributed by atoms with Gasteiger partial charge in [0.2, 0.25) is 0 Å². The van der Waals surface area contributed by atoms with Crippen molar-refractivity contribution < 1.29 is 27.5 Å². The van der Waals surface area contributed by atoms with Crippen LogP contribution in [0.15, 0.2) is 48.5 Å². The molecule has 132 valence electrons. The second-order valence-electron chi connectivity index (χ2n) is 5.18. The monoisotopic (exact) mass is 352 g/mol. The SMILES string of the molecule is CC(Oc1ccccc1C(N)=O)C(=O)Nc1ccc(C(F)(F)F)cc1. The van der Waals surface area contributed by atoms with Crippen LogP contribution >= 0.6 is 0 Å². The fourth-order valence-corrected chi connectivity index (χ4v) is 2.00. The van der Waals surface area contributed by atoms with Crippen LogP contribution in [0.5, 0.6) is 5.75 Å². The molecule has 3 N–H and O–H groups in total. The summed E-state index contributed by atoms with van der Waals surface area (Å²) >= 11 is 0. The number of carbonyl (C=O) groups excluding carboxylic acids is 2. The smallest absolute Gasteiger partial charge is 0.416 e. The maximum Gasteiger partial charge on any atom is 0.416 e. The normalized spacial score (nSPS) is 12.3. The van der Waals surface area contributed by atoms with Crippen LogP contribution in [0.1, 0.15) is 22.8 Å². The van der Waals surface area contributed by atoms with Gasteiger partial charge in [0.05, 0.1) is 11.1 Å². The Labute approximate surface area is 141 Å². The molecule has 0 saturated heterocycles. The van der Waals surface area contributed by atoms with E-state index in [4.69, 9.17) is 10.5 Å². The number of alkyl halides is 3. The third-order valence-corrected chi connectivity index (χ3v) is 3.31. The van der Waals surface area contributed by atoms with E-state index in [9.17, 15) is 22.8 Å². The molecular formula is C17H15F3N2O3. The lowest BCUT2D eigenvalue weighted by molar-refractivity contribution is -0.137. The number of benzene rings is 2. The minimum absolute atomic E-state index is 0.122. The molecule has 5 nitrogen and oxygen atoms in total. The maximum absolute atomic E-state index is 12.5. The molecular weight excluding hydrogens is 337 g/mol. The third-order valence-electron chi connectivity index (χ3n) is 3.31. The van der Waals surface area contributed by atoms with Gasteiger partial charge in [0.25, 0.3) is 11.8 Å². The molecule has 0 radical (unpaired) electrons. The summed E-state index contributed by atoms with van der Waals surface area (Å²) in [6, 6.07) is 10.2. The molecule has 2 aromatic rings. The first-order valence-electron chi connectivity index (χ1n) is 7.22. The van der Waals surface area contributed by atoms with Crippen LogP contribution in [-0.4, -0.2) is 17.9 Å². The van der Waals surface area contributed by atoms with Gasteiger partial charge in [-0.05, 0) is 43.3 Å². The van der Waals surface area contributed by atoms with Crippen LogP contribution < -0.4 is 15.8 Å². The molecule has 25 heavy (non-hydrogen) atoms. The van der Waals surface area contributed by atoms with Crippen LogP contribution in [0, 0.1) is 0 Å². The number of anilines is 1. The van der Waals surface area contributed by atoms with Gasteiger partial charge in [-0.3, -0.25) is 9.59 Å². The lowest BCUT2D eigenvalue weighted by Crippen LogP contribution is -2.31. The average Bonchev–Trinajstić information content (AvgIpc) is 2.54. The van der Waals surface area contributed by atoms with Crippen molar-refractivity contribution in [2.24, 2.45) is 5.73 Å². The molecule has 0 fully saturated rings. The van der Waals surface area contributed by atoms with Crippen LogP contribution in [0.25, 0.3) is 0 Å². The summed E-state index contributed by atoms with van der Waals surface area (Å²) in [6.07, 6.45) is -5.44. The molecule has 0 aromatic heterocycles. The van der Waals surface area contributed by atoms with E-state index in [1.54, 1.807) is 12.1 Å². The van der Waals surface area contributed by atoms with Crippen molar-refractivity contribution in [3.63, 3.8) is 0 Å². The molecule has 2 aromatic carbocycles. The van der Waals surface area contributed by atoms with Gasteiger partial charge in [0.1, 0.15) is 5.75 Å². The number of ether oxygens (including phenoxy) is 1. The summed E-state index contributed by atoms with van der Waals surface area (Å²) in [5.41, 5.74) is 4.73. The van der Waals surface area contributed by atoms with E-state index in [1.165, 1.54) is 19.1 Å². The number of hydrogen-bond acceptors (Lipinski definition) is 3. The lowest BCUT2D eigenvalue weighted by atomic mass is 10.2. The number of nitrogens with one attached hydrogen (secondary N) is 1.